The molecule has 0 aliphatic carbocycles. The third-order valence-electron chi connectivity index (χ3n) is 4.92. The molecule has 0 unspecified atom stereocenters. The summed E-state index contributed by atoms with van der Waals surface area (Å²) in [5.41, 5.74) is 3.41. The number of carboxylic acid groups (broad SMARTS) is 1. The molecule has 0 saturated carbocycles. The van der Waals surface area contributed by atoms with E-state index < -0.39 is 16.0 Å². The van der Waals surface area contributed by atoms with Gasteiger partial charge in [0, 0.05) is 30.1 Å². The molecule has 0 aliphatic rings. The van der Waals surface area contributed by atoms with E-state index in [-0.39, 0.29) is 11.3 Å². The fourth-order valence-electron chi connectivity index (χ4n) is 3.30. The van der Waals surface area contributed by atoms with Gasteiger partial charge in [-0.25, -0.2) is 8.42 Å². The number of nitrogens with zero attached hydrogens (tertiary/aromatic N) is 1. The number of pyridine rings is 1. The molecular formula is C25H26N2O4S. The van der Waals surface area contributed by atoms with Crippen LogP contribution >= 0.6 is 0 Å². The molecule has 6 nitrogen and oxygen atoms in total. The van der Waals surface area contributed by atoms with Crippen LogP contribution in [0.4, 0.5) is 5.69 Å². The van der Waals surface area contributed by atoms with Gasteiger partial charge in [-0.05, 0) is 60.7 Å². The second kappa shape index (κ2) is 11.2. The maximum Gasteiger partial charge on any atom is 0.303 e. The molecule has 2 N–H and O–H groups in total. The first-order valence-electron chi connectivity index (χ1n) is 10.5. The van der Waals surface area contributed by atoms with Crippen molar-refractivity contribution in [3.8, 4) is 0 Å². The zero-order chi connectivity index (χ0) is 22.8. The predicted octanol–water partition coefficient (Wildman–Crippen LogP) is 5.35. The summed E-state index contributed by atoms with van der Waals surface area (Å²) in [5, 5.41) is 8.75. The zero-order valence-corrected chi connectivity index (χ0v) is 18.5. The molecule has 166 valence electrons. The van der Waals surface area contributed by atoms with E-state index in [1.165, 1.54) is 0 Å². The maximum atomic E-state index is 12.5. The van der Waals surface area contributed by atoms with Crippen LogP contribution in [-0.4, -0.2) is 24.5 Å². The van der Waals surface area contributed by atoms with E-state index in [2.05, 4.69) is 15.8 Å². The standard InChI is InChI=1S/C25H26N2O4S/c28-25(29)13-7-2-1-6-12-24(21-9-8-18-26-19-21)20-14-16-22(17-15-20)27-32(30,31)23-10-4-3-5-11-23/h3-5,8-12,14-19,27H,1-2,6-7,13H2,(H,28,29)/b24-12+. The van der Waals surface area contributed by atoms with Crippen molar-refractivity contribution in [3.05, 3.63) is 96.3 Å². The summed E-state index contributed by atoms with van der Waals surface area (Å²) in [7, 11) is -3.64. The van der Waals surface area contributed by atoms with Crippen LogP contribution < -0.4 is 4.72 Å². The highest BCUT2D eigenvalue weighted by atomic mass is 32.2. The van der Waals surface area contributed by atoms with Crippen molar-refractivity contribution in [1.82, 2.24) is 4.98 Å². The normalized spacial score (nSPS) is 11.8. The largest absolute Gasteiger partial charge is 0.481 e. The Morgan fingerprint density at radius 3 is 2.31 bits per heavy atom. The zero-order valence-electron chi connectivity index (χ0n) is 17.6. The SMILES string of the molecule is O=C(O)CCCCC/C=C(\c1ccc(NS(=O)(=O)c2ccccc2)cc1)c1cccnc1. The van der Waals surface area contributed by atoms with E-state index in [1.54, 1.807) is 54.9 Å². The number of carbonyl (C=O) groups is 1. The summed E-state index contributed by atoms with van der Waals surface area (Å²) >= 11 is 0. The molecule has 0 spiro atoms. The fraction of sp³-hybridized carbons (Fsp3) is 0.200. The Morgan fingerprint density at radius 1 is 0.906 bits per heavy atom. The molecular weight excluding hydrogens is 424 g/mol. The Morgan fingerprint density at radius 2 is 1.66 bits per heavy atom. The van der Waals surface area contributed by atoms with Gasteiger partial charge in [0.25, 0.3) is 10.0 Å². The van der Waals surface area contributed by atoms with Crippen molar-refractivity contribution in [2.75, 3.05) is 4.72 Å². The number of allylic oxidation sites excluding steroid dienone is 1. The predicted molar refractivity (Wildman–Crippen MR) is 126 cm³/mol. The van der Waals surface area contributed by atoms with Gasteiger partial charge in [0.1, 0.15) is 0 Å². The first-order chi connectivity index (χ1) is 15.5. The van der Waals surface area contributed by atoms with Crippen molar-refractivity contribution in [1.29, 1.82) is 0 Å². The molecule has 0 fully saturated rings. The minimum Gasteiger partial charge on any atom is -0.481 e. The van der Waals surface area contributed by atoms with E-state index in [0.29, 0.717) is 12.1 Å². The number of aliphatic carboxylic acids is 1. The number of hydrogen-bond acceptors (Lipinski definition) is 4. The topological polar surface area (TPSA) is 96.4 Å². The van der Waals surface area contributed by atoms with E-state index in [4.69, 9.17) is 5.11 Å². The number of anilines is 1. The lowest BCUT2D eigenvalue weighted by Crippen LogP contribution is -2.12. The average molecular weight is 451 g/mol. The van der Waals surface area contributed by atoms with Crippen LogP contribution in [0.25, 0.3) is 5.57 Å². The van der Waals surface area contributed by atoms with Gasteiger partial charge in [0.15, 0.2) is 0 Å². The first kappa shape index (κ1) is 23.2. The number of sulfonamides is 1. The van der Waals surface area contributed by atoms with Crippen LogP contribution in [0.5, 0.6) is 0 Å². The van der Waals surface area contributed by atoms with Crippen LogP contribution in [0.3, 0.4) is 0 Å². The van der Waals surface area contributed by atoms with Crippen molar-refractivity contribution in [3.63, 3.8) is 0 Å². The molecule has 32 heavy (non-hydrogen) atoms. The molecule has 0 radical (unpaired) electrons. The van der Waals surface area contributed by atoms with E-state index in [9.17, 15) is 13.2 Å². The molecule has 0 amide bonds. The van der Waals surface area contributed by atoms with Crippen LogP contribution in [0.15, 0.2) is 90.1 Å². The third kappa shape index (κ3) is 6.78. The van der Waals surface area contributed by atoms with Gasteiger partial charge in [0.05, 0.1) is 4.90 Å². The second-order valence-electron chi connectivity index (χ2n) is 7.35. The molecule has 0 saturated heterocycles. The number of benzene rings is 2. The number of nitrogens with one attached hydrogen (secondary N) is 1. The molecule has 7 heteroatoms. The molecule has 3 rings (SSSR count). The summed E-state index contributed by atoms with van der Waals surface area (Å²) < 4.78 is 27.7. The number of unbranched alkanes of at least 4 members (excludes halogenated alkanes) is 3. The highest BCUT2D eigenvalue weighted by Gasteiger charge is 2.13. The quantitative estimate of drug-likeness (QED) is 0.384. The fourth-order valence-corrected chi connectivity index (χ4v) is 4.38. The molecule has 1 aromatic heterocycles. The summed E-state index contributed by atoms with van der Waals surface area (Å²) in [6.07, 6.45) is 9.06. The van der Waals surface area contributed by atoms with Crippen molar-refractivity contribution in [2.24, 2.45) is 0 Å². The summed E-state index contributed by atoms with van der Waals surface area (Å²) in [5.74, 6) is -0.764. The Labute approximate surface area is 188 Å². The number of carboxylic acids is 1. The summed E-state index contributed by atoms with van der Waals surface area (Å²) in [4.78, 5) is 15.1. The lowest BCUT2D eigenvalue weighted by atomic mass is 9.97. The van der Waals surface area contributed by atoms with Crippen molar-refractivity contribution >= 4 is 27.3 Å². The lowest BCUT2D eigenvalue weighted by Gasteiger charge is -2.11. The van der Waals surface area contributed by atoms with Gasteiger partial charge < -0.3 is 5.11 Å². The smallest absolute Gasteiger partial charge is 0.303 e. The van der Waals surface area contributed by atoms with Gasteiger partial charge in [-0.3, -0.25) is 14.5 Å². The number of aromatic nitrogens is 1. The van der Waals surface area contributed by atoms with E-state index >= 15 is 0 Å². The molecule has 2 aromatic carbocycles. The molecule has 0 bridgehead atoms. The number of hydrogen-bond donors (Lipinski definition) is 2. The van der Waals surface area contributed by atoms with Gasteiger partial charge in [-0.2, -0.15) is 0 Å². The molecule has 1 heterocycles. The first-order valence-corrected chi connectivity index (χ1v) is 11.9. The molecule has 0 aliphatic heterocycles. The second-order valence-corrected chi connectivity index (χ2v) is 9.03. The van der Waals surface area contributed by atoms with E-state index in [1.807, 2.05) is 24.3 Å². The monoisotopic (exact) mass is 450 g/mol. The Balaban J connectivity index is 1.74. The Kier molecular flexibility index (Phi) is 8.16. The van der Waals surface area contributed by atoms with Crippen LogP contribution in [0, 0.1) is 0 Å². The average Bonchev–Trinajstić information content (AvgIpc) is 2.80. The summed E-state index contributed by atoms with van der Waals surface area (Å²) in [6, 6.07) is 19.3. The lowest BCUT2D eigenvalue weighted by molar-refractivity contribution is -0.137. The maximum absolute atomic E-state index is 12.5. The van der Waals surface area contributed by atoms with Crippen LogP contribution in [-0.2, 0) is 14.8 Å². The van der Waals surface area contributed by atoms with Gasteiger partial charge in [-0.1, -0.05) is 48.9 Å². The Bertz CT molecular complexity index is 1140. The van der Waals surface area contributed by atoms with Crippen molar-refractivity contribution < 1.29 is 18.3 Å². The molecule has 0 atom stereocenters. The highest BCUT2D eigenvalue weighted by Crippen LogP contribution is 2.26. The summed E-state index contributed by atoms with van der Waals surface area (Å²) in [6.45, 7) is 0. The minimum absolute atomic E-state index is 0.194. The number of rotatable bonds is 11. The van der Waals surface area contributed by atoms with Gasteiger partial charge in [-0.15, -0.1) is 0 Å². The third-order valence-corrected chi connectivity index (χ3v) is 6.31. The van der Waals surface area contributed by atoms with Gasteiger partial charge in [0.2, 0.25) is 0 Å². The Hall–Kier alpha value is -3.45. The highest BCUT2D eigenvalue weighted by molar-refractivity contribution is 7.92. The minimum atomic E-state index is -3.64. The van der Waals surface area contributed by atoms with Crippen LogP contribution in [0.1, 0.15) is 43.2 Å². The van der Waals surface area contributed by atoms with Gasteiger partial charge >= 0.3 is 5.97 Å². The van der Waals surface area contributed by atoms with Crippen molar-refractivity contribution in [2.45, 2.75) is 37.0 Å². The molecule has 3 aromatic rings. The van der Waals surface area contributed by atoms with E-state index in [0.717, 1.165) is 36.0 Å². The van der Waals surface area contributed by atoms with Crippen LogP contribution in [0.2, 0.25) is 0 Å².